The number of hydrogen-bond donors (Lipinski definition) is 1. The first kappa shape index (κ1) is 19.2. The summed E-state index contributed by atoms with van der Waals surface area (Å²) in [7, 11) is 0. The first-order valence-corrected chi connectivity index (χ1v) is 8.79. The van der Waals surface area contributed by atoms with Crippen molar-refractivity contribution in [2.24, 2.45) is 0 Å². The average molecular weight is 346 g/mol. The van der Waals surface area contributed by atoms with Crippen molar-refractivity contribution in [3.8, 4) is 5.75 Å². The van der Waals surface area contributed by atoms with Crippen LogP contribution in [-0.4, -0.2) is 31.3 Å². The van der Waals surface area contributed by atoms with Crippen LogP contribution in [0.2, 0.25) is 0 Å². The van der Waals surface area contributed by atoms with Gasteiger partial charge in [-0.1, -0.05) is 26.8 Å². The highest BCUT2D eigenvalue weighted by Gasteiger charge is 2.04. The number of anilines is 1. The second-order valence-corrected chi connectivity index (χ2v) is 6.12. The predicted molar refractivity (Wildman–Crippen MR) is 98.9 cm³/mol. The summed E-state index contributed by atoms with van der Waals surface area (Å²) in [5.74, 6) is 1.65. The summed E-state index contributed by atoms with van der Waals surface area (Å²) in [4.78, 5) is 4.30. The van der Waals surface area contributed by atoms with Gasteiger partial charge in [-0.15, -0.1) is 0 Å². The fourth-order valence-electron chi connectivity index (χ4n) is 2.42. The third-order valence-electron chi connectivity index (χ3n) is 3.90. The van der Waals surface area contributed by atoms with Gasteiger partial charge in [-0.05, 0) is 41.7 Å². The number of rotatable bonds is 10. The Morgan fingerprint density at radius 1 is 1.12 bits per heavy atom. The van der Waals surface area contributed by atoms with E-state index in [0.29, 0.717) is 38.0 Å². The lowest BCUT2D eigenvalue weighted by Crippen LogP contribution is -2.14. The van der Waals surface area contributed by atoms with Gasteiger partial charge in [-0.3, -0.25) is 0 Å². The molecule has 25 heavy (non-hydrogen) atoms. The molecule has 0 aliphatic heterocycles. The molecule has 4 nitrogen and oxygen atoms in total. The van der Waals surface area contributed by atoms with Crippen molar-refractivity contribution in [1.29, 1.82) is 0 Å². The van der Waals surface area contributed by atoms with Crippen LogP contribution in [0.25, 0.3) is 0 Å². The third kappa shape index (κ3) is 6.35. The van der Waals surface area contributed by atoms with Gasteiger partial charge < -0.3 is 14.8 Å². The summed E-state index contributed by atoms with van der Waals surface area (Å²) in [5, 5.41) is 3.25. The minimum Gasteiger partial charge on any atom is -0.491 e. The molecule has 1 aromatic heterocycles. The molecule has 1 heterocycles. The molecule has 0 saturated heterocycles. The summed E-state index contributed by atoms with van der Waals surface area (Å²) in [6.07, 6.45) is 2.62. The molecule has 5 heteroatoms. The zero-order valence-electron chi connectivity index (χ0n) is 15.2. The molecule has 2 rings (SSSR count). The Balaban J connectivity index is 1.64. The summed E-state index contributed by atoms with van der Waals surface area (Å²) < 4.78 is 24.4. The topological polar surface area (TPSA) is 43.4 Å². The molecule has 0 amide bonds. The number of nitrogens with one attached hydrogen (secondary N) is 1. The van der Waals surface area contributed by atoms with E-state index in [0.717, 1.165) is 17.8 Å². The number of hydrogen-bond acceptors (Lipinski definition) is 4. The van der Waals surface area contributed by atoms with Crippen LogP contribution >= 0.6 is 0 Å². The molecule has 136 valence electrons. The Morgan fingerprint density at radius 3 is 2.72 bits per heavy atom. The number of benzene rings is 1. The van der Waals surface area contributed by atoms with E-state index in [1.165, 1.54) is 17.7 Å². The maximum absolute atomic E-state index is 13.3. The molecule has 0 aliphatic rings. The highest BCUT2D eigenvalue weighted by molar-refractivity contribution is 5.38. The highest BCUT2D eigenvalue weighted by atomic mass is 19.1. The maximum Gasteiger partial charge on any atom is 0.126 e. The van der Waals surface area contributed by atoms with Crippen molar-refractivity contribution in [2.75, 3.05) is 31.7 Å². The lowest BCUT2D eigenvalue weighted by molar-refractivity contribution is 0.107. The van der Waals surface area contributed by atoms with Gasteiger partial charge >= 0.3 is 0 Å². The smallest absolute Gasteiger partial charge is 0.126 e. The molecule has 0 unspecified atom stereocenters. The monoisotopic (exact) mass is 346 g/mol. The number of aromatic nitrogens is 1. The standard InChI is InChI=1S/C20H27FN2O2/c1-4-16-5-6-18(21)14-19(16)25-12-11-24-10-9-23-20-13-17(15(2)3)7-8-22-20/h5-8,13-15H,4,9-12H2,1-3H3,(H,22,23). The van der Waals surface area contributed by atoms with E-state index < -0.39 is 0 Å². The van der Waals surface area contributed by atoms with Gasteiger partial charge in [0.15, 0.2) is 0 Å². The van der Waals surface area contributed by atoms with Crippen molar-refractivity contribution in [2.45, 2.75) is 33.1 Å². The summed E-state index contributed by atoms with van der Waals surface area (Å²) in [5.41, 5.74) is 2.26. The van der Waals surface area contributed by atoms with Crippen LogP contribution in [-0.2, 0) is 11.2 Å². The van der Waals surface area contributed by atoms with Crippen molar-refractivity contribution in [3.05, 3.63) is 53.5 Å². The van der Waals surface area contributed by atoms with Gasteiger partial charge in [-0.2, -0.15) is 0 Å². The number of nitrogens with zero attached hydrogens (tertiary/aromatic N) is 1. The Labute approximate surface area is 149 Å². The zero-order valence-corrected chi connectivity index (χ0v) is 15.2. The molecule has 0 fully saturated rings. The number of ether oxygens (including phenoxy) is 2. The average Bonchev–Trinajstić information content (AvgIpc) is 2.61. The van der Waals surface area contributed by atoms with Crippen molar-refractivity contribution >= 4 is 5.82 Å². The molecule has 0 aliphatic carbocycles. The fourth-order valence-corrected chi connectivity index (χ4v) is 2.42. The summed E-state index contributed by atoms with van der Waals surface area (Å²) in [6.45, 7) is 8.42. The molecule has 1 N–H and O–H groups in total. The maximum atomic E-state index is 13.3. The number of aryl methyl sites for hydroxylation is 1. The minimum atomic E-state index is -0.284. The van der Waals surface area contributed by atoms with E-state index in [-0.39, 0.29) is 5.82 Å². The molecule has 1 aromatic carbocycles. The second kappa shape index (κ2) is 9.99. The van der Waals surface area contributed by atoms with Crippen molar-refractivity contribution in [1.82, 2.24) is 4.98 Å². The van der Waals surface area contributed by atoms with E-state index in [1.807, 2.05) is 19.2 Å². The fraction of sp³-hybridized carbons (Fsp3) is 0.450. The Morgan fingerprint density at radius 2 is 1.96 bits per heavy atom. The molecular formula is C20H27FN2O2. The van der Waals surface area contributed by atoms with Crippen LogP contribution in [0.4, 0.5) is 10.2 Å². The molecule has 0 spiro atoms. The van der Waals surface area contributed by atoms with Crippen LogP contribution in [0.5, 0.6) is 5.75 Å². The molecule has 0 saturated carbocycles. The van der Waals surface area contributed by atoms with Crippen LogP contribution < -0.4 is 10.1 Å². The molecule has 0 radical (unpaired) electrons. The van der Waals surface area contributed by atoms with Gasteiger partial charge in [-0.25, -0.2) is 9.37 Å². The quantitative estimate of drug-likeness (QED) is 0.647. The minimum absolute atomic E-state index is 0.284. The SMILES string of the molecule is CCc1ccc(F)cc1OCCOCCNc1cc(C(C)C)ccn1. The Bertz CT molecular complexity index is 662. The van der Waals surface area contributed by atoms with Gasteiger partial charge in [0.05, 0.1) is 13.2 Å². The predicted octanol–water partition coefficient (Wildman–Crippen LogP) is 4.41. The summed E-state index contributed by atoms with van der Waals surface area (Å²) >= 11 is 0. The highest BCUT2D eigenvalue weighted by Crippen LogP contribution is 2.20. The van der Waals surface area contributed by atoms with Crippen molar-refractivity contribution in [3.63, 3.8) is 0 Å². The normalized spacial score (nSPS) is 10.9. The lowest BCUT2D eigenvalue weighted by Gasteiger charge is -2.12. The third-order valence-corrected chi connectivity index (χ3v) is 3.90. The summed E-state index contributed by atoms with van der Waals surface area (Å²) in [6, 6.07) is 8.72. The first-order valence-electron chi connectivity index (χ1n) is 8.79. The first-order chi connectivity index (χ1) is 12.1. The largest absolute Gasteiger partial charge is 0.491 e. The van der Waals surface area contributed by atoms with Gasteiger partial charge in [0.25, 0.3) is 0 Å². The van der Waals surface area contributed by atoms with Gasteiger partial charge in [0, 0.05) is 18.8 Å². The van der Waals surface area contributed by atoms with E-state index >= 15 is 0 Å². The Hall–Kier alpha value is -2.14. The van der Waals surface area contributed by atoms with Crippen LogP contribution in [0.3, 0.4) is 0 Å². The number of halogens is 1. The van der Waals surface area contributed by atoms with Crippen LogP contribution in [0.15, 0.2) is 36.5 Å². The van der Waals surface area contributed by atoms with E-state index in [2.05, 4.69) is 30.2 Å². The van der Waals surface area contributed by atoms with Crippen LogP contribution in [0, 0.1) is 5.82 Å². The second-order valence-electron chi connectivity index (χ2n) is 6.12. The zero-order chi connectivity index (χ0) is 18.1. The van der Waals surface area contributed by atoms with Crippen molar-refractivity contribution < 1.29 is 13.9 Å². The van der Waals surface area contributed by atoms with Gasteiger partial charge in [0.2, 0.25) is 0 Å². The molecule has 0 atom stereocenters. The van der Waals surface area contributed by atoms with E-state index in [1.54, 1.807) is 6.07 Å². The Kier molecular flexibility index (Phi) is 7.67. The van der Waals surface area contributed by atoms with Gasteiger partial charge in [0.1, 0.15) is 24.0 Å². The lowest BCUT2D eigenvalue weighted by atomic mass is 10.1. The van der Waals surface area contributed by atoms with E-state index in [4.69, 9.17) is 9.47 Å². The molecule has 2 aromatic rings. The van der Waals surface area contributed by atoms with E-state index in [9.17, 15) is 4.39 Å². The molecule has 0 bridgehead atoms. The number of pyridine rings is 1. The molecular weight excluding hydrogens is 319 g/mol. The van der Waals surface area contributed by atoms with Crippen LogP contribution in [0.1, 0.15) is 37.8 Å².